The lowest BCUT2D eigenvalue weighted by atomic mass is 9.79. The molecule has 0 amide bonds. The molecule has 0 aliphatic rings. The molecule has 0 spiro atoms. The average molecular weight is 248 g/mol. The molecule has 0 saturated heterocycles. The summed E-state index contributed by atoms with van der Waals surface area (Å²) in [5, 5.41) is 17.6. The number of rotatable bonds is 4. The second-order valence-corrected chi connectivity index (χ2v) is 3.98. The first-order chi connectivity index (χ1) is 7.84. The van der Waals surface area contributed by atoms with Gasteiger partial charge >= 0.3 is 7.12 Å². The van der Waals surface area contributed by atoms with Crippen molar-refractivity contribution in [3.63, 3.8) is 0 Å². The van der Waals surface area contributed by atoms with Crippen LogP contribution in [0.1, 0.15) is 13.8 Å². The van der Waals surface area contributed by atoms with E-state index < -0.39 is 35.8 Å². The van der Waals surface area contributed by atoms with Crippen LogP contribution >= 0.6 is 0 Å². The van der Waals surface area contributed by atoms with Crippen molar-refractivity contribution in [1.82, 2.24) is 0 Å². The molecule has 0 atom stereocenters. The van der Waals surface area contributed by atoms with Crippen LogP contribution in [0.2, 0.25) is 0 Å². The Kier molecular flexibility index (Phi) is 4.42. The van der Waals surface area contributed by atoms with Crippen molar-refractivity contribution < 1.29 is 28.0 Å². The Morgan fingerprint density at radius 3 is 2.29 bits per heavy atom. The van der Waals surface area contributed by atoms with Crippen molar-refractivity contribution in [2.75, 3.05) is 6.61 Å². The largest absolute Gasteiger partial charge is 0.494 e. The number of hydrogen-bond acceptors (Lipinski definition) is 3. The molecule has 0 unspecified atom stereocenters. The first kappa shape index (κ1) is 13.9. The number of ether oxygens (including phenoxy) is 1. The molecule has 0 bridgehead atoms. The van der Waals surface area contributed by atoms with E-state index in [2.05, 4.69) is 0 Å². The Morgan fingerprint density at radius 1 is 1.24 bits per heavy atom. The van der Waals surface area contributed by atoms with Crippen molar-refractivity contribution in [3.8, 4) is 5.75 Å². The Morgan fingerprint density at radius 2 is 1.82 bits per heavy atom. The van der Waals surface area contributed by atoms with Crippen LogP contribution in [-0.4, -0.2) is 23.8 Å². The first-order valence-electron chi connectivity index (χ1n) is 5.01. The van der Waals surface area contributed by atoms with E-state index >= 15 is 0 Å². The van der Waals surface area contributed by atoms with Gasteiger partial charge in [0.25, 0.3) is 0 Å². The van der Waals surface area contributed by atoms with Crippen LogP contribution in [-0.2, 0) is 0 Å². The van der Waals surface area contributed by atoms with Gasteiger partial charge in [-0.1, -0.05) is 13.8 Å². The summed E-state index contributed by atoms with van der Waals surface area (Å²) >= 11 is 0. The van der Waals surface area contributed by atoms with E-state index in [4.69, 9.17) is 14.8 Å². The molecule has 17 heavy (non-hydrogen) atoms. The quantitative estimate of drug-likeness (QED) is 0.775. The molecule has 94 valence electrons. The van der Waals surface area contributed by atoms with E-state index in [1.807, 2.05) is 0 Å². The molecule has 7 heteroatoms. The number of hydrogen-bond donors (Lipinski definition) is 2. The van der Waals surface area contributed by atoms with Gasteiger partial charge in [-0.25, -0.2) is 13.2 Å². The van der Waals surface area contributed by atoms with Crippen LogP contribution in [0.4, 0.5) is 13.2 Å². The predicted molar refractivity (Wildman–Crippen MR) is 56.5 cm³/mol. The zero-order valence-electron chi connectivity index (χ0n) is 9.38. The fraction of sp³-hybridized carbons (Fsp3) is 0.400. The molecule has 0 aliphatic carbocycles. The second-order valence-electron chi connectivity index (χ2n) is 3.98. The van der Waals surface area contributed by atoms with Gasteiger partial charge in [-0.2, -0.15) is 0 Å². The van der Waals surface area contributed by atoms with Crippen LogP contribution in [0, 0.1) is 23.4 Å². The number of halogens is 3. The molecule has 1 rings (SSSR count). The SMILES string of the molecule is CC(C)COc1c(F)cc(F)c(B(O)O)c1F. The minimum absolute atomic E-state index is 0.0151. The van der Waals surface area contributed by atoms with Gasteiger partial charge in [0, 0.05) is 6.07 Å². The lowest BCUT2D eigenvalue weighted by Crippen LogP contribution is -2.36. The van der Waals surface area contributed by atoms with Gasteiger partial charge in [-0.3, -0.25) is 0 Å². The molecular formula is C10H12BF3O3. The standard InChI is InChI=1S/C10H12BF3O3/c1-5(2)4-17-10-7(13)3-6(12)8(9(10)14)11(15)16/h3,5,15-16H,4H2,1-2H3. The minimum Gasteiger partial charge on any atom is -0.487 e. The summed E-state index contributed by atoms with van der Waals surface area (Å²) in [5.74, 6) is -4.81. The highest BCUT2D eigenvalue weighted by Crippen LogP contribution is 2.22. The van der Waals surface area contributed by atoms with Gasteiger partial charge in [-0.05, 0) is 5.92 Å². The van der Waals surface area contributed by atoms with E-state index in [-0.39, 0.29) is 12.5 Å². The lowest BCUT2D eigenvalue weighted by molar-refractivity contribution is 0.246. The molecule has 1 aromatic carbocycles. The molecule has 0 aromatic heterocycles. The highest BCUT2D eigenvalue weighted by atomic mass is 19.1. The molecule has 3 nitrogen and oxygen atoms in total. The Bertz CT molecular complexity index is 410. The van der Waals surface area contributed by atoms with E-state index in [1.54, 1.807) is 13.8 Å². The fourth-order valence-corrected chi connectivity index (χ4v) is 1.21. The summed E-state index contributed by atoms with van der Waals surface area (Å²) in [4.78, 5) is 0. The molecule has 0 aliphatic heterocycles. The maximum absolute atomic E-state index is 13.6. The Hall–Kier alpha value is -1.21. The van der Waals surface area contributed by atoms with Crippen molar-refractivity contribution in [2.45, 2.75) is 13.8 Å². The highest BCUT2D eigenvalue weighted by Gasteiger charge is 2.27. The maximum atomic E-state index is 13.6. The van der Waals surface area contributed by atoms with Crippen LogP contribution < -0.4 is 10.2 Å². The zero-order chi connectivity index (χ0) is 13.2. The van der Waals surface area contributed by atoms with Gasteiger partial charge < -0.3 is 14.8 Å². The van der Waals surface area contributed by atoms with Crippen LogP contribution in [0.25, 0.3) is 0 Å². The van der Waals surface area contributed by atoms with Crippen LogP contribution in [0.15, 0.2) is 6.07 Å². The van der Waals surface area contributed by atoms with Gasteiger partial charge in [0.1, 0.15) is 5.82 Å². The van der Waals surface area contributed by atoms with Crippen molar-refractivity contribution in [2.24, 2.45) is 5.92 Å². The predicted octanol–water partition coefficient (Wildman–Crippen LogP) is 0.818. The molecule has 2 N–H and O–H groups in total. The summed E-state index contributed by atoms with van der Waals surface area (Å²) in [6.07, 6.45) is 0. The molecule has 0 radical (unpaired) electrons. The van der Waals surface area contributed by atoms with Gasteiger partial charge in [0.15, 0.2) is 17.4 Å². The molecular weight excluding hydrogens is 236 g/mol. The third kappa shape index (κ3) is 3.14. The van der Waals surface area contributed by atoms with E-state index in [0.717, 1.165) is 0 Å². The van der Waals surface area contributed by atoms with E-state index in [1.165, 1.54) is 0 Å². The second kappa shape index (κ2) is 5.42. The third-order valence-corrected chi connectivity index (χ3v) is 1.98. The molecule has 0 saturated carbocycles. The minimum atomic E-state index is -2.36. The van der Waals surface area contributed by atoms with Crippen LogP contribution in [0.3, 0.4) is 0 Å². The highest BCUT2D eigenvalue weighted by molar-refractivity contribution is 6.58. The maximum Gasteiger partial charge on any atom is 0.494 e. The topological polar surface area (TPSA) is 49.7 Å². The summed E-state index contributed by atoms with van der Waals surface area (Å²) in [7, 11) is -2.36. The van der Waals surface area contributed by atoms with E-state index in [0.29, 0.717) is 6.07 Å². The molecule has 1 aromatic rings. The van der Waals surface area contributed by atoms with Crippen molar-refractivity contribution in [1.29, 1.82) is 0 Å². The molecule has 0 heterocycles. The summed E-state index contributed by atoms with van der Waals surface area (Å²) in [5.41, 5.74) is -1.02. The summed E-state index contributed by atoms with van der Waals surface area (Å²) in [6, 6.07) is 0.355. The van der Waals surface area contributed by atoms with Gasteiger partial charge in [-0.15, -0.1) is 0 Å². The molecule has 0 fully saturated rings. The lowest BCUT2D eigenvalue weighted by Gasteiger charge is -2.13. The van der Waals surface area contributed by atoms with Crippen LogP contribution in [0.5, 0.6) is 5.75 Å². The Balaban J connectivity index is 3.16. The monoisotopic (exact) mass is 248 g/mol. The number of benzene rings is 1. The summed E-state index contributed by atoms with van der Waals surface area (Å²) < 4.78 is 44.7. The first-order valence-corrected chi connectivity index (χ1v) is 5.01. The van der Waals surface area contributed by atoms with Gasteiger partial charge in [0.05, 0.1) is 12.1 Å². The summed E-state index contributed by atoms with van der Waals surface area (Å²) in [6.45, 7) is 3.56. The average Bonchev–Trinajstić information content (AvgIpc) is 2.14. The Labute approximate surface area is 97.0 Å². The normalized spacial score (nSPS) is 10.8. The smallest absolute Gasteiger partial charge is 0.487 e. The zero-order valence-corrected chi connectivity index (χ0v) is 9.38. The van der Waals surface area contributed by atoms with Crippen molar-refractivity contribution in [3.05, 3.63) is 23.5 Å². The van der Waals surface area contributed by atoms with Gasteiger partial charge in [0.2, 0.25) is 0 Å². The van der Waals surface area contributed by atoms with E-state index in [9.17, 15) is 13.2 Å². The third-order valence-electron chi connectivity index (χ3n) is 1.98. The van der Waals surface area contributed by atoms with Crippen molar-refractivity contribution >= 4 is 12.6 Å². The fourth-order valence-electron chi connectivity index (χ4n) is 1.21.